The summed E-state index contributed by atoms with van der Waals surface area (Å²) in [5.74, 6) is 2.94. The van der Waals surface area contributed by atoms with Crippen LogP contribution in [-0.2, 0) is 19.3 Å². The zero-order valence-electron chi connectivity index (χ0n) is 20.5. The predicted octanol–water partition coefficient (Wildman–Crippen LogP) is 7.60. The smallest absolute Gasteiger partial charge is 0.0337 e. The van der Waals surface area contributed by atoms with Gasteiger partial charge in [-0.15, -0.1) is 0 Å². The molecule has 2 fully saturated rings. The minimum atomic E-state index is 0.462. The summed E-state index contributed by atoms with van der Waals surface area (Å²) in [6.45, 7) is 6.98. The van der Waals surface area contributed by atoms with Crippen molar-refractivity contribution in [3.05, 3.63) is 65.2 Å². The second kappa shape index (κ2) is 9.20. The molecule has 0 radical (unpaired) electrons. The Morgan fingerprint density at radius 3 is 2.12 bits per heavy atom. The van der Waals surface area contributed by atoms with Gasteiger partial charge in [-0.1, -0.05) is 44.5 Å². The second-order valence-electron chi connectivity index (χ2n) is 11.8. The van der Waals surface area contributed by atoms with Crippen LogP contribution in [-0.4, -0.2) is 0 Å². The van der Waals surface area contributed by atoms with Crippen LogP contribution in [0.15, 0.2) is 43.0 Å². The van der Waals surface area contributed by atoms with Crippen LogP contribution in [0.4, 0.5) is 11.4 Å². The molecule has 0 heterocycles. The Morgan fingerprint density at radius 1 is 0.788 bits per heavy atom. The van der Waals surface area contributed by atoms with Crippen molar-refractivity contribution in [2.45, 2.75) is 84.0 Å². The van der Waals surface area contributed by atoms with E-state index in [1.165, 1.54) is 86.5 Å². The fourth-order valence-electron chi connectivity index (χ4n) is 7.32. The van der Waals surface area contributed by atoms with Crippen LogP contribution in [0.25, 0.3) is 5.57 Å². The van der Waals surface area contributed by atoms with Crippen molar-refractivity contribution in [1.82, 2.24) is 0 Å². The van der Waals surface area contributed by atoms with Crippen molar-refractivity contribution in [3.8, 4) is 0 Å². The van der Waals surface area contributed by atoms with E-state index in [1.807, 2.05) is 6.07 Å². The molecule has 2 heteroatoms. The van der Waals surface area contributed by atoms with Crippen LogP contribution in [0, 0.1) is 23.2 Å². The van der Waals surface area contributed by atoms with Crippen molar-refractivity contribution in [1.29, 1.82) is 0 Å². The Bertz CT molecular complexity index is 983. The molecule has 0 aliphatic heterocycles. The van der Waals surface area contributed by atoms with Gasteiger partial charge in [0.2, 0.25) is 0 Å². The average molecular weight is 443 g/mol. The van der Waals surface area contributed by atoms with Gasteiger partial charge in [0.05, 0.1) is 0 Å². The largest absolute Gasteiger partial charge is 0.399 e. The molecule has 0 unspecified atom stereocenters. The number of nitrogen functional groups attached to an aromatic ring is 2. The maximum absolute atomic E-state index is 5.99. The predicted molar refractivity (Wildman–Crippen MR) is 142 cm³/mol. The van der Waals surface area contributed by atoms with E-state index < -0.39 is 0 Å². The molecule has 3 aliphatic carbocycles. The lowest BCUT2D eigenvalue weighted by molar-refractivity contribution is 0.0952. The third-order valence-corrected chi connectivity index (χ3v) is 9.26. The molecule has 5 rings (SSSR count). The van der Waals surface area contributed by atoms with Crippen LogP contribution in [0.5, 0.6) is 0 Å². The van der Waals surface area contributed by atoms with Crippen LogP contribution < -0.4 is 11.5 Å². The van der Waals surface area contributed by atoms with Gasteiger partial charge in [-0.25, -0.2) is 0 Å². The minimum Gasteiger partial charge on any atom is -0.399 e. The Hall–Kier alpha value is -2.22. The maximum Gasteiger partial charge on any atom is 0.0337 e. The molecule has 0 amide bonds. The molecule has 4 N–H and O–H groups in total. The van der Waals surface area contributed by atoms with Crippen LogP contribution in [0.3, 0.4) is 0 Å². The van der Waals surface area contributed by atoms with Gasteiger partial charge in [0.1, 0.15) is 0 Å². The molecular weight excluding hydrogens is 400 g/mol. The first kappa shape index (κ1) is 22.6. The lowest BCUT2D eigenvalue weighted by Crippen LogP contribution is -2.35. The first-order valence-electron chi connectivity index (χ1n) is 13.3. The summed E-state index contributed by atoms with van der Waals surface area (Å²) in [5, 5.41) is 0. The topological polar surface area (TPSA) is 52.0 Å². The van der Waals surface area contributed by atoms with E-state index in [-0.39, 0.29) is 0 Å². The van der Waals surface area contributed by atoms with E-state index in [1.54, 1.807) is 5.56 Å². The van der Waals surface area contributed by atoms with Crippen molar-refractivity contribution in [2.75, 3.05) is 11.5 Å². The number of benzene rings is 2. The van der Waals surface area contributed by atoms with E-state index in [9.17, 15) is 0 Å². The highest BCUT2D eigenvalue weighted by atomic mass is 14.6. The molecule has 0 saturated heterocycles. The Balaban J connectivity index is 1.25. The molecular formula is C31H42N2. The average Bonchev–Trinajstić information content (AvgIpc) is 2.78. The fourth-order valence-corrected chi connectivity index (χ4v) is 7.32. The Kier molecular flexibility index (Phi) is 6.29. The summed E-state index contributed by atoms with van der Waals surface area (Å²) in [6, 6.07) is 13.1. The first-order valence-corrected chi connectivity index (χ1v) is 13.3. The van der Waals surface area contributed by atoms with Gasteiger partial charge in [0.25, 0.3) is 0 Å². The van der Waals surface area contributed by atoms with E-state index in [2.05, 4.69) is 43.8 Å². The highest BCUT2D eigenvalue weighted by Crippen LogP contribution is 2.53. The van der Waals surface area contributed by atoms with E-state index in [0.717, 1.165) is 42.0 Å². The summed E-state index contributed by atoms with van der Waals surface area (Å²) in [6.07, 6.45) is 16.0. The van der Waals surface area contributed by atoms with E-state index >= 15 is 0 Å². The van der Waals surface area contributed by atoms with Gasteiger partial charge < -0.3 is 11.5 Å². The van der Waals surface area contributed by atoms with Crippen molar-refractivity contribution in [3.63, 3.8) is 0 Å². The number of nitrogens with two attached hydrogens (primary N) is 2. The lowest BCUT2D eigenvalue weighted by Gasteiger charge is -2.46. The van der Waals surface area contributed by atoms with Gasteiger partial charge in [0.15, 0.2) is 0 Å². The number of aryl methyl sites for hydroxylation is 2. The number of anilines is 2. The monoisotopic (exact) mass is 442 g/mol. The third-order valence-electron chi connectivity index (χ3n) is 9.26. The van der Waals surface area contributed by atoms with Gasteiger partial charge >= 0.3 is 0 Å². The number of hydrogen-bond acceptors (Lipinski definition) is 2. The summed E-state index contributed by atoms with van der Waals surface area (Å²) in [7, 11) is 0. The number of rotatable bonds is 4. The van der Waals surface area contributed by atoms with Crippen molar-refractivity contribution >= 4 is 16.9 Å². The molecule has 0 atom stereocenters. The summed E-state index contributed by atoms with van der Waals surface area (Å²) >= 11 is 0. The summed E-state index contributed by atoms with van der Waals surface area (Å²) in [5.41, 5.74) is 20.9. The highest BCUT2D eigenvalue weighted by molar-refractivity contribution is 5.69. The van der Waals surface area contributed by atoms with Gasteiger partial charge in [-0.2, -0.15) is 0 Å². The molecule has 2 aromatic rings. The molecule has 176 valence electrons. The highest BCUT2D eigenvalue weighted by Gasteiger charge is 2.41. The third kappa shape index (κ3) is 5.00. The van der Waals surface area contributed by atoms with Crippen molar-refractivity contribution in [2.24, 2.45) is 23.2 Å². The van der Waals surface area contributed by atoms with Gasteiger partial charge in [-0.05, 0) is 133 Å². The Morgan fingerprint density at radius 2 is 1.42 bits per heavy atom. The van der Waals surface area contributed by atoms with Crippen molar-refractivity contribution < 1.29 is 0 Å². The van der Waals surface area contributed by atoms with Crippen LogP contribution >= 0.6 is 0 Å². The summed E-state index contributed by atoms with van der Waals surface area (Å²) in [4.78, 5) is 0. The summed E-state index contributed by atoms with van der Waals surface area (Å²) < 4.78 is 0. The van der Waals surface area contributed by atoms with Gasteiger partial charge in [-0.3, -0.25) is 0 Å². The molecule has 2 saturated carbocycles. The normalized spacial score (nSPS) is 29.7. The lowest BCUT2D eigenvalue weighted by atomic mass is 9.58. The Labute approximate surface area is 200 Å². The van der Waals surface area contributed by atoms with E-state index in [0.29, 0.717) is 5.41 Å². The van der Waals surface area contributed by atoms with E-state index in [4.69, 9.17) is 11.5 Å². The first-order chi connectivity index (χ1) is 15.9. The van der Waals surface area contributed by atoms with Crippen LogP contribution in [0.1, 0.15) is 87.0 Å². The standard InChI is InChI=1S/C31H42N2/c1-21-3-8-25(9-4-21)26-11-13-31(14-12-26)19-22(2)30-10-7-23(15-27(30)20-31)5-6-24-16-28(32)18-29(33)17-24/h7,10,15-18,21,25-26H,2-6,8-9,11-14,19-20,32-33H2,1H3. The fraction of sp³-hybridized carbons (Fsp3) is 0.548. The number of hydrogen-bond donors (Lipinski definition) is 2. The molecule has 0 aromatic heterocycles. The number of fused-ring (bicyclic) bond motifs is 1. The van der Waals surface area contributed by atoms with Gasteiger partial charge in [0, 0.05) is 11.4 Å². The molecule has 3 aliphatic rings. The SMILES string of the molecule is C=C1CC2(CCC(C3CCC(C)CC3)CC2)Cc2cc(CCc3cc(N)cc(N)c3)ccc21. The molecule has 2 nitrogen and oxygen atoms in total. The zero-order chi connectivity index (χ0) is 23.0. The number of allylic oxidation sites excluding steroid dienone is 1. The molecule has 0 bridgehead atoms. The second-order valence-corrected chi connectivity index (χ2v) is 11.8. The quantitative estimate of drug-likeness (QED) is 0.479. The van der Waals surface area contributed by atoms with Crippen LogP contribution in [0.2, 0.25) is 0 Å². The maximum atomic E-state index is 5.99. The minimum absolute atomic E-state index is 0.462. The zero-order valence-corrected chi connectivity index (χ0v) is 20.5. The molecule has 2 aromatic carbocycles. The molecule has 33 heavy (non-hydrogen) atoms. The molecule has 1 spiro atoms.